The Hall–Kier alpha value is -0.920. The third-order valence-electron chi connectivity index (χ3n) is 2.04. The molecule has 7 heteroatoms. The molecule has 1 unspecified atom stereocenters. The molecule has 6 nitrogen and oxygen atoms in total. The predicted octanol–water partition coefficient (Wildman–Crippen LogP) is -0.563. The van der Waals surface area contributed by atoms with Crippen LogP contribution in [0.5, 0.6) is 0 Å². The van der Waals surface area contributed by atoms with Crippen molar-refractivity contribution in [2.75, 3.05) is 13.6 Å². The van der Waals surface area contributed by atoms with Gasteiger partial charge in [-0.25, -0.2) is 18.1 Å². The normalized spacial score (nSPS) is 14.0. The molecule has 0 radical (unpaired) electrons. The lowest BCUT2D eigenvalue weighted by Gasteiger charge is -2.12. The molecule has 0 aliphatic heterocycles. The summed E-state index contributed by atoms with van der Waals surface area (Å²) in [6, 6.07) is 0. The van der Waals surface area contributed by atoms with Crippen molar-refractivity contribution in [3.8, 4) is 0 Å². The van der Waals surface area contributed by atoms with Crippen molar-refractivity contribution in [1.29, 1.82) is 0 Å². The maximum atomic E-state index is 11.6. The molecule has 0 aliphatic carbocycles. The van der Waals surface area contributed by atoms with Crippen LogP contribution >= 0.6 is 0 Å². The number of sulfonamides is 1. The monoisotopic (exact) mass is 232 g/mol. The fourth-order valence-electron chi connectivity index (χ4n) is 1.10. The van der Waals surface area contributed by atoms with Crippen LogP contribution in [0.2, 0.25) is 0 Å². The third kappa shape index (κ3) is 3.61. The SMILES string of the molecule is CNCC(C)S(=O)(=O)NCc1cnc[nH]1. The van der Waals surface area contributed by atoms with Crippen molar-refractivity contribution in [3.05, 3.63) is 18.2 Å². The number of nitrogens with one attached hydrogen (secondary N) is 3. The second kappa shape index (κ2) is 5.24. The smallest absolute Gasteiger partial charge is 0.215 e. The van der Waals surface area contributed by atoms with Gasteiger partial charge in [-0.15, -0.1) is 0 Å². The van der Waals surface area contributed by atoms with Gasteiger partial charge in [0.05, 0.1) is 18.1 Å². The van der Waals surface area contributed by atoms with E-state index in [4.69, 9.17) is 0 Å². The highest BCUT2D eigenvalue weighted by Crippen LogP contribution is 1.99. The van der Waals surface area contributed by atoms with Gasteiger partial charge in [0.25, 0.3) is 0 Å². The van der Waals surface area contributed by atoms with Gasteiger partial charge in [-0.2, -0.15) is 0 Å². The van der Waals surface area contributed by atoms with Crippen LogP contribution in [0.3, 0.4) is 0 Å². The molecule has 1 heterocycles. The van der Waals surface area contributed by atoms with Crippen LogP contribution in [0.15, 0.2) is 12.5 Å². The number of aromatic nitrogens is 2. The van der Waals surface area contributed by atoms with Crippen LogP contribution in [0.4, 0.5) is 0 Å². The molecule has 86 valence electrons. The molecule has 1 aromatic heterocycles. The first-order chi connectivity index (χ1) is 7.06. The third-order valence-corrected chi connectivity index (χ3v) is 3.81. The van der Waals surface area contributed by atoms with E-state index in [1.165, 1.54) is 6.33 Å². The van der Waals surface area contributed by atoms with E-state index < -0.39 is 15.3 Å². The zero-order valence-corrected chi connectivity index (χ0v) is 9.63. The van der Waals surface area contributed by atoms with Crippen LogP contribution in [-0.2, 0) is 16.6 Å². The Balaban J connectivity index is 2.50. The van der Waals surface area contributed by atoms with Gasteiger partial charge in [0.15, 0.2) is 0 Å². The van der Waals surface area contributed by atoms with E-state index in [1.807, 2.05) is 0 Å². The molecule has 0 spiro atoms. The first-order valence-electron chi connectivity index (χ1n) is 4.66. The molecule has 0 bridgehead atoms. The average molecular weight is 232 g/mol. The number of hydrogen-bond acceptors (Lipinski definition) is 4. The van der Waals surface area contributed by atoms with Gasteiger partial charge >= 0.3 is 0 Å². The molecule has 3 N–H and O–H groups in total. The van der Waals surface area contributed by atoms with E-state index in [-0.39, 0.29) is 6.54 Å². The highest BCUT2D eigenvalue weighted by Gasteiger charge is 2.19. The van der Waals surface area contributed by atoms with Gasteiger partial charge in [0, 0.05) is 18.4 Å². The van der Waals surface area contributed by atoms with Crippen LogP contribution < -0.4 is 10.0 Å². The summed E-state index contributed by atoms with van der Waals surface area (Å²) in [6.45, 7) is 2.33. The minimum atomic E-state index is -3.26. The number of imidazole rings is 1. The summed E-state index contributed by atoms with van der Waals surface area (Å²) in [7, 11) is -1.54. The van der Waals surface area contributed by atoms with Crippen LogP contribution in [-0.4, -0.2) is 37.2 Å². The largest absolute Gasteiger partial charge is 0.347 e. The average Bonchev–Trinajstić information content (AvgIpc) is 2.68. The minimum absolute atomic E-state index is 0.246. The minimum Gasteiger partial charge on any atom is -0.347 e. The Morgan fingerprint density at radius 1 is 1.60 bits per heavy atom. The zero-order valence-electron chi connectivity index (χ0n) is 8.82. The molecule has 1 atom stereocenters. The lowest BCUT2D eigenvalue weighted by molar-refractivity contribution is 0.562. The highest BCUT2D eigenvalue weighted by atomic mass is 32.2. The quantitative estimate of drug-likeness (QED) is 0.613. The zero-order chi connectivity index (χ0) is 11.3. The van der Waals surface area contributed by atoms with Crippen LogP contribution in [0.25, 0.3) is 0 Å². The summed E-state index contributed by atoms with van der Waals surface area (Å²) < 4.78 is 25.8. The van der Waals surface area contributed by atoms with Gasteiger partial charge in [-0.3, -0.25) is 0 Å². The molecular weight excluding hydrogens is 216 g/mol. The lowest BCUT2D eigenvalue weighted by Crippen LogP contribution is -2.37. The molecule has 1 rings (SSSR count). The lowest BCUT2D eigenvalue weighted by atomic mass is 10.5. The fourth-order valence-corrected chi connectivity index (χ4v) is 2.13. The molecule has 0 saturated carbocycles. The molecule has 0 amide bonds. The summed E-state index contributed by atoms with van der Waals surface area (Å²) in [6.07, 6.45) is 3.10. The van der Waals surface area contributed by atoms with Crippen molar-refractivity contribution in [3.63, 3.8) is 0 Å². The van der Waals surface area contributed by atoms with Crippen molar-refractivity contribution < 1.29 is 8.42 Å². The first-order valence-corrected chi connectivity index (χ1v) is 6.21. The van der Waals surface area contributed by atoms with E-state index in [1.54, 1.807) is 20.2 Å². The Morgan fingerprint density at radius 2 is 2.33 bits per heavy atom. The van der Waals surface area contributed by atoms with Gasteiger partial charge in [-0.1, -0.05) is 0 Å². The summed E-state index contributed by atoms with van der Waals surface area (Å²) in [5.41, 5.74) is 0.746. The van der Waals surface area contributed by atoms with Gasteiger partial charge in [0.2, 0.25) is 10.0 Å². The van der Waals surface area contributed by atoms with Crippen LogP contribution in [0.1, 0.15) is 12.6 Å². The number of nitrogens with zero attached hydrogens (tertiary/aromatic N) is 1. The number of hydrogen-bond donors (Lipinski definition) is 3. The van der Waals surface area contributed by atoms with Gasteiger partial charge in [0.1, 0.15) is 0 Å². The van der Waals surface area contributed by atoms with Crippen molar-refractivity contribution in [2.24, 2.45) is 0 Å². The molecular formula is C8H16N4O2S. The second-order valence-corrected chi connectivity index (χ2v) is 5.49. The molecule has 0 aromatic carbocycles. The van der Waals surface area contributed by atoms with Crippen LogP contribution in [0, 0.1) is 0 Å². The molecule has 0 saturated heterocycles. The first kappa shape index (κ1) is 12.2. The second-order valence-electron chi connectivity index (χ2n) is 3.31. The summed E-state index contributed by atoms with van der Waals surface area (Å²) in [5, 5.41) is 2.37. The molecule has 1 aromatic rings. The number of aromatic amines is 1. The van der Waals surface area contributed by atoms with Crippen molar-refractivity contribution in [2.45, 2.75) is 18.7 Å². The van der Waals surface area contributed by atoms with Gasteiger partial charge < -0.3 is 10.3 Å². The topological polar surface area (TPSA) is 86.9 Å². The molecule has 0 fully saturated rings. The number of H-pyrrole nitrogens is 1. The molecule has 15 heavy (non-hydrogen) atoms. The Kier molecular flexibility index (Phi) is 4.25. The Labute approximate surface area is 89.5 Å². The maximum Gasteiger partial charge on any atom is 0.215 e. The van der Waals surface area contributed by atoms with Gasteiger partial charge in [-0.05, 0) is 14.0 Å². The van der Waals surface area contributed by atoms with E-state index in [0.717, 1.165) is 5.69 Å². The maximum absolute atomic E-state index is 11.6. The predicted molar refractivity (Wildman–Crippen MR) is 57.7 cm³/mol. The summed E-state index contributed by atoms with van der Waals surface area (Å²) in [4.78, 5) is 6.63. The van der Waals surface area contributed by atoms with E-state index >= 15 is 0 Å². The highest BCUT2D eigenvalue weighted by molar-refractivity contribution is 7.90. The standard InChI is InChI=1S/C8H16N4O2S/c1-7(3-9-2)15(13,14)12-5-8-4-10-6-11-8/h4,6-7,9,12H,3,5H2,1-2H3,(H,10,11). The Bertz CT molecular complexity index is 373. The van der Waals surface area contributed by atoms with Crippen molar-refractivity contribution in [1.82, 2.24) is 20.0 Å². The fraction of sp³-hybridized carbons (Fsp3) is 0.625. The summed E-state index contributed by atoms with van der Waals surface area (Å²) >= 11 is 0. The molecule has 0 aliphatic rings. The Morgan fingerprint density at radius 3 is 2.87 bits per heavy atom. The van der Waals surface area contributed by atoms with Crippen molar-refractivity contribution >= 4 is 10.0 Å². The number of rotatable bonds is 6. The summed E-state index contributed by atoms with van der Waals surface area (Å²) in [5.74, 6) is 0. The van der Waals surface area contributed by atoms with E-state index in [9.17, 15) is 8.42 Å². The van der Waals surface area contributed by atoms with E-state index in [2.05, 4.69) is 20.0 Å². The van der Waals surface area contributed by atoms with E-state index in [0.29, 0.717) is 6.54 Å².